The Kier molecular flexibility index (Phi) is 5.96. The number of aryl methyl sites for hydroxylation is 1. The Morgan fingerprint density at radius 2 is 1.82 bits per heavy atom. The number of para-hydroxylation sites is 1. The van der Waals surface area contributed by atoms with Crippen molar-refractivity contribution in [2.24, 2.45) is 28.7 Å². The van der Waals surface area contributed by atoms with E-state index in [4.69, 9.17) is 0 Å². The number of carbonyl (C=O) groups is 2. The minimum Gasteiger partial charge on any atom is -0.361 e. The molecule has 33 heavy (non-hydrogen) atoms. The van der Waals surface area contributed by atoms with Gasteiger partial charge in [-0.2, -0.15) is 0 Å². The first-order chi connectivity index (χ1) is 16.1. The van der Waals surface area contributed by atoms with Crippen molar-refractivity contribution in [3.63, 3.8) is 0 Å². The SMILES string of the molecule is CCc1cccc2c(CCNC(=NC)NCCCN3C(=O)C4C5C=CC(C5)C4C3=O)c[nH]c12. The summed E-state index contributed by atoms with van der Waals surface area (Å²) in [6, 6.07) is 6.46. The number of likely N-dealkylation sites (tertiary alicyclic amines) is 1. The van der Waals surface area contributed by atoms with Gasteiger partial charge in [0.25, 0.3) is 0 Å². The highest BCUT2D eigenvalue weighted by molar-refractivity contribution is 6.06. The normalized spacial score (nSPS) is 26.0. The highest BCUT2D eigenvalue weighted by atomic mass is 16.2. The molecular weight excluding hydrogens is 414 g/mol. The van der Waals surface area contributed by atoms with E-state index in [1.54, 1.807) is 7.05 Å². The third-order valence-electron chi connectivity index (χ3n) is 7.59. The predicted molar refractivity (Wildman–Crippen MR) is 130 cm³/mol. The Hall–Kier alpha value is -3.09. The van der Waals surface area contributed by atoms with Crippen molar-refractivity contribution in [3.8, 4) is 0 Å². The summed E-state index contributed by atoms with van der Waals surface area (Å²) in [6.45, 7) is 4.08. The molecule has 3 aliphatic rings. The fourth-order valence-corrected chi connectivity index (χ4v) is 5.94. The molecule has 7 heteroatoms. The monoisotopic (exact) mass is 447 g/mol. The van der Waals surface area contributed by atoms with E-state index in [2.05, 4.69) is 64.1 Å². The Bertz CT molecular complexity index is 1090. The van der Waals surface area contributed by atoms with E-state index in [1.807, 2.05) is 0 Å². The van der Waals surface area contributed by atoms with Crippen molar-refractivity contribution in [3.05, 3.63) is 47.7 Å². The van der Waals surface area contributed by atoms with Crippen molar-refractivity contribution >= 4 is 28.7 Å². The molecule has 5 rings (SSSR count). The van der Waals surface area contributed by atoms with Crippen LogP contribution in [0, 0.1) is 23.7 Å². The molecule has 0 radical (unpaired) electrons. The quantitative estimate of drug-likeness (QED) is 0.191. The summed E-state index contributed by atoms with van der Waals surface area (Å²) < 4.78 is 0. The highest BCUT2D eigenvalue weighted by Gasteiger charge is 2.58. The summed E-state index contributed by atoms with van der Waals surface area (Å²) in [4.78, 5) is 34.8. The zero-order chi connectivity index (χ0) is 22.9. The van der Waals surface area contributed by atoms with Crippen LogP contribution >= 0.6 is 0 Å². The molecule has 0 spiro atoms. The van der Waals surface area contributed by atoms with Crippen LogP contribution in [0.3, 0.4) is 0 Å². The standard InChI is InChI=1S/C26H33N5O2/c1-3-16-6-4-7-20-19(15-30-23(16)20)10-12-29-26(27-2)28-11-5-13-31-24(32)21-17-8-9-18(14-17)22(21)25(31)33/h4,6-9,15,17-18,21-22,30H,3,5,10-14H2,1-2H3,(H2,27,28,29). The fourth-order valence-electron chi connectivity index (χ4n) is 5.94. The van der Waals surface area contributed by atoms with Crippen molar-refractivity contribution in [2.45, 2.75) is 32.6 Å². The van der Waals surface area contributed by atoms with Gasteiger partial charge in [-0.05, 0) is 48.6 Å². The maximum absolute atomic E-state index is 12.8. The number of fused-ring (bicyclic) bond motifs is 6. The number of benzene rings is 1. The number of hydrogen-bond donors (Lipinski definition) is 3. The Labute approximate surface area is 194 Å². The first-order valence-corrected chi connectivity index (χ1v) is 12.2. The summed E-state index contributed by atoms with van der Waals surface area (Å²) >= 11 is 0. The number of guanidine groups is 1. The van der Waals surface area contributed by atoms with Crippen molar-refractivity contribution in [2.75, 3.05) is 26.7 Å². The molecule has 2 bridgehead atoms. The highest BCUT2D eigenvalue weighted by Crippen LogP contribution is 2.52. The van der Waals surface area contributed by atoms with E-state index in [0.29, 0.717) is 19.5 Å². The molecular formula is C26H33N5O2. The van der Waals surface area contributed by atoms with Gasteiger partial charge >= 0.3 is 0 Å². The molecule has 1 saturated carbocycles. The molecule has 2 amide bonds. The van der Waals surface area contributed by atoms with Crippen LogP contribution in [0.2, 0.25) is 0 Å². The molecule has 1 saturated heterocycles. The molecule has 1 aromatic heterocycles. The number of nitrogens with zero attached hydrogens (tertiary/aromatic N) is 2. The second kappa shape index (κ2) is 9.04. The van der Waals surface area contributed by atoms with Crippen LogP contribution in [0.1, 0.15) is 30.9 Å². The number of hydrogen-bond acceptors (Lipinski definition) is 3. The molecule has 2 fully saturated rings. The Morgan fingerprint density at radius 3 is 2.52 bits per heavy atom. The minimum absolute atomic E-state index is 0.0364. The van der Waals surface area contributed by atoms with Crippen LogP contribution in [-0.4, -0.2) is 54.3 Å². The van der Waals surface area contributed by atoms with Crippen molar-refractivity contribution < 1.29 is 9.59 Å². The smallest absolute Gasteiger partial charge is 0.233 e. The van der Waals surface area contributed by atoms with Gasteiger partial charge in [0.15, 0.2) is 5.96 Å². The summed E-state index contributed by atoms with van der Waals surface area (Å²) in [7, 11) is 1.76. The number of nitrogens with one attached hydrogen (secondary N) is 3. The van der Waals surface area contributed by atoms with Crippen LogP contribution in [-0.2, 0) is 22.4 Å². The number of aliphatic imine (C=N–C) groups is 1. The third-order valence-corrected chi connectivity index (χ3v) is 7.59. The lowest BCUT2D eigenvalue weighted by Gasteiger charge is -2.18. The van der Waals surface area contributed by atoms with Crippen LogP contribution in [0.4, 0.5) is 0 Å². The summed E-state index contributed by atoms with van der Waals surface area (Å²) in [5.41, 5.74) is 3.87. The lowest BCUT2D eigenvalue weighted by atomic mass is 9.85. The number of amides is 2. The van der Waals surface area contributed by atoms with Gasteiger partial charge in [-0.25, -0.2) is 0 Å². The number of allylic oxidation sites excluding steroid dienone is 2. The maximum atomic E-state index is 12.8. The second-order valence-corrected chi connectivity index (χ2v) is 9.36. The van der Waals surface area contributed by atoms with Crippen molar-refractivity contribution in [1.82, 2.24) is 20.5 Å². The first kappa shape index (κ1) is 21.7. The molecule has 3 N–H and O–H groups in total. The second-order valence-electron chi connectivity index (χ2n) is 9.36. The van der Waals surface area contributed by atoms with E-state index in [-0.39, 0.29) is 35.5 Å². The number of aromatic nitrogens is 1. The molecule has 174 valence electrons. The lowest BCUT2D eigenvalue weighted by Crippen LogP contribution is -2.40. The van der Waals surface area contributed by atoms with Crippen LogP contribution < -0.4 is 10.6 Å². The summed E-state index contributed by atoms with van der Waals surface area (Å²) in [6.07, 6.45) is 9.96. The fraction of sp³-hybridized carbons (Fsp3) is 0.500. The van der Waals surface area contributed by atoms with Crippen molar-refractivity contribution in [1.29, 1.82) is 0 Å². The topological polar surface area (TPSA) is 89.6 Å². The van der Waals surface area contributed by atoms with Gasteiger partial charge in [0, 0.05) is 43.8 Å². The lowest BCUT2D eigenvalue weighted by molar-refractivity contribution is -0.140. The van der Waals surface area contributed by atoms with Gasteiger partial charge in [-0.15, -0.1) is 0 Å². The average Bonchev–Trinajstić information content (AvgIpc) is 3.60. The number of aromatic amines is 1. The van der Waals surface area contributed by atoms with Gasteiger partial charge in [0.1, 0.15) is 0 Å². The summed E-state index contributed by atoms with van der Waals surface area (Å²) in [5.74, 6) is 1.15. The Balaban J connectivity index is 1.07. The van der Waals surface area contributed by atoms with E-state index >= 15 is 0 Å². The molecule has 4 unspecified atom stereocenters. The molecule has 2 aromatic rings. The minimum atomic E-state index is -0.104. The predicted octanol–water partition coefficient (Wildman–Crippen LogP) is 2.64. The first-order valence-electron chi connectivity index (χ1n) is 12.2. The molecule has 4 atom stereocenters. The van der Waals surface area contributed by atoms with E-state index in [1.165, 1.54) is 26.9 Å². The van der Waals surface area contributed by atoms with Gasteiger partial charge in [0.2, 0.25) is 11.8 Å². The molecule has 1 aromatic carbocycles. The largest absolute Gasteiger partial charge is 0.361 e. The molecule has 2 aliphatic carbocycles. The molecule has 2 heterocycles. The molecule has 7 nitrogen and oxygen atoms in total. The van der Waals surface area contributed by atoms with Crippen LogP contribution in [0.5, 0.6) is 0 Å². The van der Waals surface area contributed by atoms with E-state index in [9.17, 15) is 9.59 Å². The van der Waals surface area contributed by atoms with Gasteiger partial charge in [-0.3, -0.25) is 19.5 Å². The number of rotatable bonds is 8. The van der Waals surface area contributed by atoms with Crippen LogP contribution in [0.15, 0.2) is 41.5 Å². The average molecular weight is 448 g/mol. The van der Waals surface area contributed by atoms with Gasteiger partial charge < -0.3 is 15.6 Å². The zero-order valence-electron chi connectivity index (χ0n) is 19.4. The van der Waals surface area contributed by atoms with Gasteiger partial charge in [-0.1, -0.05) is 37.3 Å². The zero-order valence-corrected chi connectivity index (χ0v) is 19.4. The van der Waals surface area contributed by atoms with E-state index < -0.39 is 0 Å². The number of H-pyrrole nitrogens is 1. The number of imide groups is 1. The maximum Gasteiger partial charge on any atom is 0.233 e. The van der Waals surface area contributed by atoms with Gasteiger partial charge in [0.05, 0.1) is 11.8 Å². The van der Waals surface area contributed by atoms with E-state index in [0.717, 1.165) is 31.8 Å². The van der Waals surface area contributed by atoms with Crippen LogP contribution in [0.25, 0.3) is 10.9 Å². The summed E-state index contributed by atoms with van der Waals surface area (Å²) in [5, 5.41) is 7.96. The molecule has 1 aliphatic heterocycles. The third kappa shape index (κ3) is 3.83. The number of carbonyl (C=O) groups excluding carboxylic acids is 2. The Morgan fingerprint density at radius 1 is 1.09 bits per heavy atom.